The maximum atomic E-state index is 11.9. The monoisotopic (exact) mass is 244 g/mol. The van der Waals surface area contributed by atoms with E-state index in [0.29, 0.717) is 11.0 Å². The number of benzene rings is 1. The van der Waals surface area contributed by atoms with Gasteiger partial charge in [0, 0.05) is 17.5 Å². The Labute approximate surface area is 104 Å². The van der Waals surface area contributed by atoms with Gasteiger partial charge in [0.05, 0.1) is 0 Å². The van der Waals surface area contributed by atoms with Gasteiger partial charge in [0.15, 0.2) is 5.13 Å². The molecule has 1 saturated carbocycles. The van der Waals surface area contributed by atoms with Gasteiger partial charge in [-0.2, -0.15) is 0 Å². The van der Waals surface area contributed by atoms with E-state index in [2.05, 4.69) is 22.4 Å². The summed E-state index contributed by atoms with van der Waals surface area (Å²) in [5.41, 5.74) is 1.26. The average molecular weight is 244 g/mol. The maximum Gasteiger partial charge on any atom is 0.229 e. The summed E-state index contributed by atoms with van der Waals surface area (Å²) in [5, 5.41) is 5.40. The first-order valence-corrected chi connectivity index (χ1v) is 6.48. The van der Waals surface area contributed by atoms with Crippen molar-refractivity contribution < 1.29 is 4.79 Å². The van der Waals surface area contributed by atoms with Gasteiger partial charge in [0.1, 0.15) is 0 Å². The largest absolute Gasteiger partial charge is 0.302 e. The molecule has 1 fully saturated rings. The second-order valence-electron chi connectivity index (χ2n) is 4.19. The third-order valence-electron chi connectivity index (χ3n) is 3.02. The Hall–Kier alpha value is -1.68. The molecule has 0 spiro atoms. The first kappa shape index (κ1) is 10.5. The molecule has 17 heavy (non-hydrogen) atoms. The molecule has 1 aromatic heterocycles. The molecule has 1 amide bonds. The predicted molar refractivity (Wildman–Crippen MR) is 68.0 cm³/mol. The number of amides is 1. The lowest BCUT2D eigenvalue weighted by Crippen LogP contribution is -2.14. The summed E-state index contributed by atoms with van der Waals surface area (Å²) in [4.78, 5) is 16.0. The smallest absolute Gasteiger partial charge is 0.229 e. The van der Waals surface area contributed by atoms with Gasteiger partial charge in [0.2, 0.25) is 5.91 Å². The number of anilines is 1. The Balaban J connectivity index is 1.63. The van der Waals surface area contributed by atoms with Crippen molar-refractivity contribution in [1.29, 1.82) is 0 Å². The van der Waals surface area contributed by atoms with E-state index in [1.165, 1.54) is 16.9 Å². The van der Waals surface area contributed by atoms with Crippen LogP contribution in [0.2, 0.25) is 0 Å². The van der Waals surface area contributed by atoms with Gasteiger partial charge in [-0.3, -0.25) is 4.79 Å². The quantitative estimate of drug-likeness (QED) is 0.902. The van der Waals surface area contributed by atoms with Gasteiger partial charge in [0.25, 0.3) is 0 Å². The summed E-state index contributed by atoms with van der Waals surface area (Å²) in [6.07, 6.45) is 2.64. The molecule has 2 aromatic rings. The van der Waals surface area contributed by atoms with Gasteiger partial charge in [-0.25, -0.2) is 4.98 Å². The van der Waals surface area contributed by atoms with E-state index < -0.39 is 0 Å². The highest BCUT2D eigenvalue weighted by Crippen LogP contribution is 2.47. The van der Waals surface area contributed by atoms with Crippen LogP contribution in [0.4, 0.5) is 5.13 Å². The Morgan fingerprint density at radius 3 is 2.88 bits per heavy atom. The van der Waals surface area contributed by atoms with E-state index in [1.54, 1.807) is 6.20 Å². The molecule has 1 aromatic carbocycles. The molecule has 1 N–H and O–H groups in total. The molecule has 1 heterocycles. The van der Waals surface area contributed by atoms with E-state index in [9.17, 15) is 4.79 Å². The van der Waals surface area contributed by atoms with Gasteiger partial charge in [-0.05, 0) is 17.9 Å². The standard InChI is InChI=1S/C13H12N2OS/c16-12(15-13-14-6-7-17-13)11-8-10(11)9-4-2-1-3-5-9/h1-7,10-11H,8H2,(H,14,15,16)/t10-,11-/m1/s1. The number of hydrogen-bond acceptors (Lipinski definition) is 3. The fraction of sp³-hybridized carbons (Fsp3) is 0.231. The molecule has 4 heteroatoms. The van der Waals surface area contributed by atoms with Crippen molar-refractivity contribution in [3.63, 3.8) is 0 Å². The van der Waals surface area contributed by atoms with Crippen LogP contribution in [0.1, 0.15) is 17.9 Å². The van der Waals surface area contributed by atoms with Crippen molar-refractivity contribution >= 4 is 22.4 Å². The number of nitrogens with one attached hydrogen (secondary N) is 1. The van der Waals surface area contributed by atoms with Crippen LogP contribution in [0.15, 0.2) is 41.9 Å². The first-order chi connectivity index (χ1) is 8.34. The Bertz CT molecular complexity index is 509. The fourth-order valence-corrected chi connectivity index (χ4v) is 2.57. The van der Waals surface area contributed by atoms with Gasteiger partial charge in [-0.15, -0.1) is 11.3 Å². The van der Waals surface area contributed by atoms with Crippen LogP contribution in [0.5, 0.6) is 0 Å². The number of thiazole rings is 1. The molecule has 0 saturated heterocycles. The maximum absolute atomic E-state index is 11.9. The van der Waals surface area contributed by atoms with Gasteiger partial charge in [-0.1, -0.05) is 30.3 Å². The second kappa shape index (κ2) is 4.30. The molecule has 0 aliphatic heterocycles. The van der Waals surface area contributed by atoms with E-state index >= 15 is 0 Å². The van der Waals surface area contributed by atoms with Crippen LogP contribution >= 0.6 is 11.3 Å². The summed E-state index contributed by atoms with van der Waals surface area (Å²) in [6, 6.07) is 10.2. The van der Waals surface area contributed by atoms with Crippen molar-refractivity contribution in [2.75, 3.05) is 5.32 Å². The highest BCUT2D eigenvalue weighted by Gasteiger charge is 2.43. The molecule has 0 unspecified atom stereocenters. The number of carbonyl (C=O) groups is 1. The molecule has 0 bridgehead atoms. The van der Waals surface area contributed by atoms with Crippen molar-refractivity contribution in [3.05, 3.63) is 47.5 Å². The van der Waals surface area contributed by atoms with Gasteiger partial charge < -0.3 is 5.32 Å². The number of rotatable bonds is 3. The minimum Gasteiger partial charge on any atom is -0.302 e. The highest BCUT2D eigenvalue weighted by atomic mass is 32.1. The Morgan fingerprint density at radius 2 is 2.18 bits per heavy atom. The summed E-state index contributed by atoms with van der Waals surface area (Å²) in [5.74, 6) is 0.589. The zero-order valence-corrected chi connectivity index (χ0v) is 9.98. The predicted octanol–water partition coefficient (Wildman–Crippen LogP) is 2.89. The zero-order chi connectivity index (χ0) is 11.7. The molecular formula is C13H12N2OS. The highest BCUT2D eigenvalue weighted by molar-refractivity contribution is 7.13. The van der Waals surface area contributed by atoms with Crippen LogP contribution in [-0.2, 0) is 4.79 Å². The Kier molecular flexibility index (Phi) is 2.65. The minimum atomic E-state index is 0.0915. The number of hydrogen-bond donors (Lipinski definition) is 1. The van der Waals surface area contributed by atoms with Crippen LogP contribution < -0.4 is 5.32 Å². The molecule has 3 nitrogen and oxygen atoms in total. The number of nitrogens with zero attached hydrogens (tertiary/aromatic N) is 1. The van der Waals surface area contributed by atoms with Crippen molar-refractivity contribution in [1.82, 2.24) is 4.98 Å². The molecular weight excluding hydrogens is 232 g/mol. The van der Waals surface area contributed by atoms with Crippen molar-refractivity contribution in [3.8, 4) is 0 Å². The van der Waals surface area contributed by atoms with Crippen molar-refractivity contribution in [2.45, 2.75) is 12.3 Å². The second-order valence-corrected chi connectivity index (χ2v) is 5.08. The summed E-state index contributed by atoms with van der Waals surface area (Å²) in [7, 11) is 0. The van der Waals surface area contributed by atoms with E-state index in [4.69, 9.17) is 0 Å². The van der Waals surface area contributed by atoms with Gasteiger partial charge >= 0.3 is 0 Å². The Morgan fingerprint density at radius 1 is 1.35 bits per heavy atom. The SMILES string of the molecule is O=C(Nc1nccs1)[C@@H]1C[C@@H]1c1ccccc1. The summed E-state index contributed by atoms with van der Waals surface area (Å²) >= 11 is 1.45. The molecule has 0 radical (unpaired) electrons. The molecule has 2 atom stereocenters. The van der Waals surface area contributed by atoms with E-state index in [1.807, 2.05) is 23.6 Å². The van der Waals surface area contributed by atoms with Crippen molar-refractivity contribution in [2.24, 2.45) is 5.92 Å². The molecule has 86 valence electrons. The zero-order valence-electron chi connectivity index (χ0n) is 9.17. The normalized spacial score (nSPS) is 22.1. The van der Waals surface area contributed by atoms with E-state index in [0.717, 1.165) is 6.42 Å². The number of aromatic nitrogens is 1. The lowest BCUT2D eigenvalue weighted by molar-refractivity contribution is -0.117. The lowest BCUT2D eigenvalue weighted by Gasteiger charge is -2.01. The average Bonchev–Trinajstić information content (AvgIpc) is 3.02. The van der Waals surface area contributed by atoms with Crippen LogP contribution in [-0.4, -0.2) is 10.9 Å². The fourth-order valence-electron chi connectivity index (χ4n) is 2.04. The third kappa shape index (κ3) is 2.22. The molecule has 1 aliphatic carbocycles. The molecule has 3 rings (SSSR count). The first-order valence-electron chi connectivity index (χ1n) is 5.60. The minimum absolute atomic E-state index is 0.0915. The third-order valence-corrected chi connectivity index (χ3v) is 3.71. The van der Waals surface area contributed by atoms with E-state index in [-0.39, 0.29) is 11.8 Å². The van der Waals surface area contributed by atoms with Crippen LogP contribution in [0, 0.1) is 5.92 Å². The molecule has 1 aliphatic rings. The summed E-state index contributed by atoms with van der Waals surface area (Å²) in [6.45, 7) is 0. The topological polar surface area (TPSA) is 42.0 Å². The summed E-state index contributed by atoms with van der Waals surface area (Å²) < 4.78 is 0. The lowest BCUT2D eigenvalue weighted by atomic mass is 10.1. The number of carbonyl (C=O) groups excluding carboxylic acids is 1. The van der Waals surface area contributed by atoms with Crippen LogP contribution in [0.3, 0.4) is 0 Å². The van der Waals surface area contributed by atoms with Crippen LogP contribution in [0.25, 0.3) is 0 Å².